The highest BCUT2D eigenvalue weighted by atomic mass is 16.7. The molecule has 0 spiro atoms. The van der Waals surface area contributed by atoms with Gasteiger partial charge in [0.1, 0.15) is 12.2 Å². The number of rotatable bonds is 19. The van der Waals surface area contributed by atoms with Crippen molar-refractivity contribution in [3.63, 3.8) is 0 Å². The van der Waals surface area contributed by atoms with Crippen molar-refractivity contribution in [2.75, 3.05) is 20.7 Å². The van der Waals surface area contributed by atoms with E-state index in [1.54, 1.807) is 0 Å². The lowest BCUT2D eigenvalue weighted by Crippen LogP contribution is -2.34. The number of nitrogens with zero attached hydrogens (tertiary/aromatic N) is 1. The molecule has 12 heteroatoms. The Kier molecular flexibility index (Phi) is 19.0. The summed E-state index contributed by atoms with van der Waals surface area (Å²) in [5.41, 5.74) is -1.47. The van der Waals surface area contributed by atoms with Crippen molar-refractivity contribution in [2.45, 2.75) is 212 Å². The molecule has 60 heavy (non-hydrogen) atoms. The molecule has 0 aromatic carbocycles. The summed E-state index contributed by atoms with van der Waals surface area (Å²) in [6.07, 6.45) is 20.5. The van der Waals surface area contributed by atoms with E-state index in [0.29, 0.717) is 57.5 Å². The molecule has 0 amide bonds. The summed E-state index contributed by atoms with van der Waals surface area (Å²) in [4.78, 5) is 52.0. The highest BCUT2D eigenvalue weighted by molar-refractivity contribution is 5.77. The summed E-state index contributed by atoms with van der Waals surface area (Å²) in [5, 5.41) is 9.10. The first kappa shape index (κ1) is 48.3. The van der Waals surface area contributed by atoms with Gasteiger partial charge in [0.25, 0.3) is 0 Å². The number of carbonyl (C=O) groups is 4. The van der Waals surface area contributed by atoms with Gasteiger partial charge in [-0.1, -0.05) is 13.3 Å². The Morgan fingerprint density at radius 1 is 0.550 bits per heavy atom. The van der Waals surface area contributed by atoms with Crippen LogP contribution in [-0.4, -0.2) is 75.1 Å². The van der Waals surface area contributed by atoms with Gasteiger partial charge >= 0.3 is 23.9 Å². The number of esters is 4. The molecule has 5 fully saturated rings. The Labute approximate surface area is 360 Å². The smallest absolute Gasteiger partial charge is 0.313 e. The third-order valence-electron chi connectivity index (χ3n) is 15.2. The number of nitriles is 1. The van der Waals surface area contributed by atoms with E-state index >= 15 is 0 Å². The van der Waals surface area contributed by atoms with Crippen LogP contribution in [0.4, 0.5) is 0 Å². The van der Waals surface area contributed by atoms with Crippen LogP contribution in [0.25, 0.3) is 0 Å². The summed E-state index contributed by atoms with van der Waals surface area (Å²) >= 11 is 0. The second-order valence-electron chi connectivity index (χ2n) is 19.8. The molecule has 1 atom stereocenters. The first-order chi connectivity index (χ1) is 28.8. The van der Waals surface area contributed by atoms with Gasteiger partial charge in [0.2, 0.25) is 0 Å². The average molecular weight is 844 g/mol. The van der Waals surface area contributed by atoms with Gasteiger partial charge in [-0.3, -0.25) is 19.2 Å². The maximum absolute atomic E-state index is 13.2. The Morgan fingerprint density at radius 3 is 1.40 bits per heavy atom. The topological polar surface area (TPSA) is 157 Å². The van der Waals surface area contributed by atoms with Crippen molar-refractivity contribution < 1.29 is 52.3 Å². The zero-order chi connectivity index (χ0) is 43.1. The molecule has 0 bridgehead atoms. The van der Waals surface area contributed by atoms with Crippen LogP contribution in [-0.2, 0) is 52.3 Å². The van der Waals surface area contributed by atoms with Crippen LogP contribution in [0.2, 0.25) is 0 Å². The molecule has 5 aliphatic rings. The Bertz CT molecular complexity index is 1390. The molecule has 5 saturated carbocycles. The average Bonchev–Trinajstić information content (AvgIpc) is 3.27. The molecule has 0 radical (unpaired) electrons. The fourth-order valence-corrected chi connectivity index (χ4v) is 10.4. The Hall–Kier alpha value is -2.75. The number of hydrogen-bond donors (Lipinski definition) is 0. The molecular formula is C48H77NO11. The van der Waals surface area contributed by atoms with Gasteiger partial charge in [0, 0.05) is 13.0 Å². The molecule has 0 aromatic heterocycles. The normalized spacial score (nSPS) is 32.4. The number of carbonyl (C=O) groups excluding carboxylic acids is 4. The Morgan fingerprint density at radius 2 is 0.967 bits per heavy atom. The lowest BCUT2D eigenvalue weighted by atomic mass is 9.72. The predicted octanol–water partition coefficient (Wildman–Crippen LogP) is 9.68. The predicted molar refractivity (Wildman–Crippen MR) is 224 cm³/mol. The van der Waals surface area contributed by atoms with Crippen LogP contribution in [0.1, 0.15) is 182 Å². The first-order valence-corrected chi connectivity index (χ1v) is 23.7. The van der Waals surface area contributed by atoms with Gasteiger partial charge in [0.05, 0.1) is 47.0 Å². The second-order valence-corrected chi connectivity index (χ2v) is 19.8. The lowest BCUT2D eigenvalue weighted by Gasteiger charge is -2.37. The molecule has 1 unspecified atom stereocenters. The summed E-state index contributed by atoms with van der Waals surface area (Å²) in [6, 6.07) is 2.31. The van der Waals surface area contributed by atoms with Gasteiger partial charge in [-0.25, -0.2) is 0 Å². The lowest BCUT2D eigenvalue weighted by molar-refractivity contribution is -0.175. The Balaban J connectivity index is 0.892. The first-order valence-electron chi connectivity index (χ1n) is 23.7. The van der Waals surface area contributed by atoms with E-state index < -0.39 is 10.8 Å². The molecule has 12 nitrogen and oxygen atoms in total. The maximum Gasteiger partial charge on any atom is 0.313 e. The van der Waals surface area contributed by atoms with Crippen LogP contribution < -0.4 is 0 Å². The minimum atomic E-state index is -0.753. The van der Waals surface area contributed by atoms with Crippen LogP contribution in [0.15, 0.2) is 0 Å². The summed E-state index contributed by atoms with van der Waals surface area (Å²) in [5.74, 6) is 0.531. The molecule has 0 aromatic rings. The highest BCUT2D eigenvalue weighted by Crippen LogP contribution is 2.40. The van der Waals surface area contributed by atoms with Crippen LogP contribution in [0, 0.1) is 51.8 Å². The van der Waals surface area contributed by atoms with E-state index in [0.717, 1.165) is 88.9 Å². The molecule has 0 N–H and O–H groups in total. The molecule has 5 rings (SSSR count). The van der Waals surface area contributed by atoms with Gasteiger partial charge in [-0.15, -0.1) is 0 Å². The monoisotopic (exact) mass is 844 g/mol. The summed E-state index contributed by atoms with van der Waals surface area (Å²) < 4.78 is 40.4. The van der Waals surface area contributed by atoms with Crippen molar-refractivity contribution in [3.8, 4) is 6.07 Å². The third kappa shape index (κ3) is 14.4. The molecular weight excluding hydrogens is 767 g/mol. The van der Waals surface area contributed by atoms with E-state index in [4.69, 9.17) is 38.4 Å². The van der Waals surface area contributed by atoms with Gasteiger partial charge in [0.15, 0.2) is 13.6 Å². The summed E-state index contributed by atoms with van der Waals surface area (Å²) in [6.45, 7) is 7.33. The van der Waals surface area contributed by atoms with Crippen molar-refractivity contribution in [3.05, 3.63) is 0 Å². The zero-order valence-electron chi connectivity index (χ0n) is 37.6. The van der Waals surface area contributed by atoms with Gasteiger partial charge < -0.3 is 33.2 Å². The van der Waals surface area contributed by atoms with Gasteiger partial charge in [-0.2, -0.15) is 5.26 Å². The SMILES string of the molecule is CCC(C)(CCCC(C)(C)C(=O)OCOC1CCC(C(=O)OC2CCC(C3CCC(OC)CC3)CC2)CC1)C(=O)OCOC1CCC(C(=O)OC2CCC(C#N)CC2)CC1. The van der Waals surface area contributed by atoms with E-state index in [2.05, 4.69) is 6.07 Å². The fourth-order valence-electron chi connectivity index (χ4n) is 10.4. The van der Waals surface area contributed by atoms with E-state index in [9.17, 15) is 19.2 Å². The quantitative estimate of drug-likeness (QED) is 0.0690. The van der Waals surface area contributed by atoms with Crippen molar-refractivity contribution in [1.82, 2.24) is 0 Å². The van der Waals surface area contributed by atoms with E-state index in [1.165, 1.54) is 25.7 Å². The largest absolute Gasteiger partial charge is 0.462 e. The second kappa shape index (κ2) is 23.6. The standard InChI is InChI=1S/C48H77NO11/c1-6-48(4,46(53)58-32-56-40-24-16-36(17-25-40)43(50)59-41-18-8-33(30-49)9-19-41)29-7-28-47(2,3)45(52)57-31-55-39-22-14-37(15-23-39)44(51)60-42-26-12-35(13-27-42)34-10-20-38(54-5)21-11-34/h33-42H,6-29,31-32H2,1-5H3. The minimum absolute atomic E-state index is 0.0426. The van der Waals surface area contributed by atoms with Gasteiger partial charge in [-0.05, 0) is 180 Å². The molecule has 0 aliphatic heterocycles. The van der Waals surface area contributed by atoms with Crippen LogP contribution in [0.5, 0.6) is 0 Å². The molecule has 0 heterocycles. The van der Waals surface area contributed by atoms with Crippen LogP contribution in [0.3, 0.4) is 0 Å². The van der Waals surface area contributed by atoms with Crippen molar-refractivity contribution >= 4 is 23.9 Å². The molecule has 0 saturated heterocycles. The van der Waals surface area contributed by atoms with E-state index in [-0.39, 0.29) is 79.6 Å². The fraction of sp³-hybridized carbons (Fsp3) is 0.896. The number of ether oxygens (including phenoxy) is 7. The highest BCUT2D eigenvalue weighted by Gasteiger charge is 2.38. The summed E-state index contributed by atoms with van der Waals surface area (Å²) in [7, 11) is 1.82. The van der Waals surface area contributed by atoms with E-state index in [1.807, 2.05) is 34.8 Å². The van der Waals surface area contributed by atoms with Crippen LogP contribution >= 0.6 is 0 Å². The van der Waals surface area contributed by atoms with Crippen molar-refractivity contribution in [1.29, 1.82) is 5.26 Å². The molecule has 340 valence electrons. The third-order valence-corrected chi connectivity index (χ3v) is 15.2. The number of methoxy groups -OCH3 is 1. The zero-order valence-corrected chi connectivity index (χ0v) is 37.6. The van der Waals surface area contributed by atoms with Crippen molar-refractivity contribution in [2.24, 2.45) is 40.4 Å². The maximum atomic E-state index is 13.2. The number of hydrogen-bond acceptors (Lipinski definition) is 12. The minimum Gasteiger partial charge on any atom is -0.462 e. The molecule has 5 aliphatic carbocycles.